The van der Waals surface area contributed by atoms with Gasteiger partial charge in [0.25, 0.3) is 0 Å². The highest BCUT2D eigenvalue weighted by Crippen LogP contribution is 2.25. The Morgan fingerprint density at radius 1 is 1.10 bits per heavy atom. The molecule has 0 bridgehead atoms. The molecule has 0 aromatic heterocycles. The highest BCUT2D eigenvalue weighted by Gasteiger charge is 2.29. The Morgan fingerprint density at radius 2 is 1.76 bits per heavy atom. The second kappa shape index (κ2) is 9.05. The van der Waals surface area contributed by atoms with Crippen molar-refractivity contribution in [2.24, 2.45) is 0 Å². The molecule has 3 rings (SSSR count). The Hall–Kier alpha value is -2.25. The van der Waals surface area contributed by atoms with Crippen molar-refractivity contribution in [3.8, 4) is 0 Å². The smallest absolute Gasteiger partial charge is 0.247 e. The lowest BCUT2D eigenvalue weighted by Gasteiger charge is -2.29. The Balaban J connectivity index is 1.74. The number of piperidine rings is 1. The van der Waals surface area contributed by atoms with Gasteiger partial charge >= 0.3 is 0 Å². The van der Waals surface area contributed by atoms with Crippen LogP contribution in [0.15, 0.2) is 48.5 Å². The molecular weight excluding hydrogens is 410 g/mol. The summed E-state index contributed by atoms with van der Waals surface area (Å²) >= 11 is 6.01. The number of nitrogens with zero attached hydrogens (tertiary/aromatic N) is 2. The molecule has 2 aromatic rings. The summed E-state index contributed by atoms with van der Waals surface area (Å²) in [6, 6.07) is 13.2. The zero-order valence-corrected chi connectivity index (χ0v) is 18.2. The third-order valence-electron chi connectivity index (χ3n) is 5.01. The van der Waals surface area contributed by atoms with Crippen LogP contribution in [0.2, 0.25) is 5.02 Å². The van der Waals surface area contributed by atoms with E-state index in [4.69, 9.17) is 11.6 Å². The van der Waals surface area contributed by atoms with E-state index in [-0.39, 0.29) is 0 Å². The second-order valence-electron chi connectivity index (χ2n) is 7.30. The lowest BCUT2D eigenvalue weighted by Crippen LogP contribution is -2.45. The summed E-state index contributed by atoms with van der Waals surface area (Å²) in [5, 5.41) is 3.21. The molecule has 8 heteroatoms. The predicted molar refractivity (Wildman–Crippen MR) is 119 cm³/mol. The topological polar surface area (TPSA) is 69.7 Å². The van der Waals surface area contributed by atoms with Crippen molar-refractivity contribution < 1.29 is 13.2 Å². The van der Waals surface area contributed by atoms with Crippen molar-refractivity contribution in [3.63, 3.8) is 0 Å². The van der Waals surface area contributed by atoms with Gasteiger partial charge in [-0.2, -0.15) is 0 Å². The van der Waals surface area contributed by atoms with Crippen LogP contribution in [0.5, 0.6) is 0 Å². The highest BCUT2D eigenvalue weighted by atomic mass is 35.5. The first-order valence-electron chi connectivity index (χ1n) is 9.66. The van der Waals surface area contributed by atoms with Crippen molar-refractivity contribution in [2.45, 2.75) is 32.2 Å². The van der Waals surface area contributed by atoms with E-state index >= 15 is 0 Å². The number of anilines is 3. The Morgan fingerprint density at radius 3 is 2.34 bits per heavy atom. The third kappa shape index (κ3) is 5.42. The molecule has 0 saturated carbocycles. The normalized spacial score (nSPS) is 15.6. The van der Waals surface area contributed by atoms with Crippen molar-refractivity contribution in [2.75, 3.05) is 33.9 Å². The number of amides is 1. The number of carbonyl (C=O) groups is 1. The van der Waals surface area contributed by atoms with Gasteiger partial charge in [0, 0.05) is 29.5 Å². The summed E-state index contributed by atoms with van der Waals surface area (Å²) < 4.78 is 25.8. The van der Waals surface area contributed by atoms with E-state index in [0.29, 0.717) is 16.4 Å². The van der Waals surface area contributed by atoms with Gasteiger partial charge in [-0.05, 0) is 68.7 Å². The summed E-state index contributed by atoms with van der Waals surface area (Å²) in [6.45, 7) is 3.65. The molecule has 1 atom stereocenters. The third-order valence-corrected chi connectivity index (χ3v) is 6.48. The zero-order valence-electron chi connectivity index (χ0n) is 16.6. The van der Waals surface area contributed by atoms with E-state index in [0.717, 1.165) is 29.3 Å². The first kappa shape index (κ1) is 21.5. The van der Waals surface area contributed by atoms with Gasteiger partial charge in [-0.1, -0.05) is 17.7 Å². The molecule has 1 heterocycles. The molecule has 2 aromatic carbocycles. The molecule has 156 valence electrons. The Kier molecular flexibility index (Phi) is 6.70. The van der Waals surface area contributed by atoms with Gasteiger partial charge in [0.05, 0.1) is 11.9 Å². The molecular formula is C21H26ClN3O3S. The molecule has 1 aliphatic heterocycles. The molecule has 0 spiro atoms. The van der Waals surface area contributed by atoms with Crippen molar-refractivity contribution in [3.05, 3.63) is 53.6 Å². The Labute approximate surface area is 177 Å². The average Bonchev–Trinajstić information content (AvgIpc) is 2.68. The van der Waals surface area contributed by atoms with Crippen LogP contribution in [0.3, 0.4) is 0 Å². The molecule has 1 unspecified atom stereocenters. The first-order chi connectivity index (χ1) is 13.8. The van der Waals surface area contributed by atoms with Gasteiger partial charge in [0.15, 0.2) is 0 Å². The molecule has 1 amide bonds. The molecule has 1 saturated heterocycles. The molecule has 1 aliphatic rings. The van der Waals surface area contributed by atoms with E-state index in [2.05, 4.69) is 10.2 Å². The number of sulfonamides is 1. The van der Waals surface area contributed by atoms with Crippen LogP contribution in [-0.2, 0) is 14.8 Å². The van der Waals surface area contributed by atoms with E-state index in [1.165, 1.54) is 25.3 Å². The number of hydrogen-bond donors (Lipinski definition) is 1. The monoisotopic (exact) mass is 435 g/mol. The van der Waals surface area contributed by atoms with Gasteiger partial charge in [-0.25, -0.2) is 8.42 Å². The van der Waals surface area contributed by atoms with Gasteiger partial charge in [0.1, 0.15) is 6.04 Å². The highest BCUT2D eigenvalue weighted by molar-refractivity contribution is 7.92. The summed E-state index contributed by atoms with van der Waals surface area (Å²) in [6.07, 6.45) is 4.73. The van der Waals surface area contributed by atoms with Gasteiger partial charge in [-0.15, -0.1) is 0 Å². The summed E-state index contributed by atoms with van der Waals surface area (Å²) in [7, 11) is -3.69. The minimum Gasteiger partial charge on any atom is -0.372 e. The second-order valence-corrected chi connectivity index (χ2v) is 9.59. The minimum absolute atomic E-state index is 0.350. The maximum Gasteiger partial charge on any atom is 0.247 e. The molecule has 1 fully saturated rings. The lowest BCUT2D eigenvalue weighted by atomic mass is 10.1. The van der Waals surface area contributed by atoms with Gasteiger partial charge in [0.2, 0.25) is 15.9 Å². The average molecular weight is 436 g/mol. The molecule has 0 aliphatic carbocycles. The summed E-state index contributed by atoms with van der Waals surface area (Å²) in [5.74, 6) is -0.416. The number of halogens is 1. The van der Waals surface area contributed by atoms with Crippen LogP contribution < -0.4 is 14.5 Å². The van der Waals surface area contributed by atoms with Crippen molar-refractivity contribution in [1.82, 2.24) is 0 Å². The van der Waals surface area contributed by atoms with Crippen LogP contribution in [-0.4, -0.2) is 39.7 Å². The van der Waals surface area contributed by atoms with Gasteiger partial charge < -0.3 is 10.2 Å². The maximum absolute atomic E-state index is 12.8. The Bertz CT molecular complexity index is 957. The number of benzene rings is 2. The fourth-order valence-corrected chi connectivity index (χ4v) is 4.93. The van der Waals surface area contributed by atoms with Crippen LogP contribution in [0, 0.1) is 0 Å². The quantitative estimate of drug-likeness (QED) is 0.740. The van der Waals surface area contributed by atoms with Crippen LogP contribution in [0.1, 0.15) is 26.2 Å². The van der Waals surface area contributed by atoms with Crippen LogP contribution in [0.4, 0.5) is 17.1 Å². The zero-order chi connectivity index (χ0) is 21.0. The van der Waals surface area contributed by atoms with E-state index in [1.54, 1.807) is 25.1 Å². The maximum atomic E-state index is 12.8. The number of carbonyl (C=O) groups excluding carboxylic acids is 1. The number of hydrogen-bond acceptors (Lipinski definition) is 4. The van der Waals surface area contributed by atoms with Crippen LogP contribution in [0.25, 0.3) is 0 Å². The van der Waals surface area contributed by atoms with E-state index in [9.17, 15) is 13.2 Å². The summed E-state index contributed by atoms with van der Waals surface area (Å²) in [5.41, 5.74) is 2.11. The molecule has 1 N–H and O–H groups in total. The van der Waals surface area contributed by atoms with Gasteiger partial charge in [-0.3, -0.25) is 9.10 Å². The number of rotatable bonds is 6. The van der Waals surface area contributed by atoms with Crippen LogP contribution >= 0.6 is 11.6 Å². The van der Waals surface area contributed by atoms with E-state index in [1.807, 2.05) is 24.3 Å². The number of nitrogens with one attached hydrogen (secondary N) is 1. The molecule has 29 heavy (non-hydrogen) atoms. The SMILES string of the molecule is CC(C(=O)Nc1ccc(N2CCCCC2)cc1)N(c1cccc(Cl)c1)S(C)(=O)=O. The van der Waals surface area contributed by atoms with Crippen molar-refractivity contribution in [1.29, 1.82) is 0 Å². The molecule has 0 radical (unpaired) electrons. The standard InChI is InChI=1S/C21H26ClN3O3S/c1-16(25(29(2,27)28)20-8-6-7-17(22)15-20)21(26)23-18-9-11-19(12-10-18)24-13-4-3-5-14-24/h6-12,15-16H,3-5,13-14H2,1-2H3,(H,23,26). The minimum atomic E-state index is -3.69. The van der Waals surface area contributed by atoms with Crippen molar-refractivity contribution >= 4 is 44.6 Å². The predicted octanol–water partition coefficient (Wildman–Crippen LogP) is 4.12. The lowest BCUT2D eigenvalue weighted by molar-refractivity contribution is -0.116. The fraction of sp³-hybridized carbons (Fsp3) is 0.381. The van der Waals surface area contributed by atoms with E-state index < -0.39 is 22.0 Å². The summed E-state index contributed by atoms with van der Waals surface area (Å²) in [4.78, 5) is 15.1. The largest absolute Gasteiger partial charge is 0.372 e. The molecule has 6 nitrogen and oxygen atoms in total. The fourth-order valence-electron chi connectivity index (χ4n) is 3.58. The first-order valence-corrected chi connectivity index (χ1v) is 11.9.